The second kappa shape index (κ2) is 6.20. The van der Waals surface area contributed by atoms with E-state index in [1.54, 1.807) is 18.2 Å². The first-order valence-corrected chi connectivity index (χ1v) is 11.8. The molecule has 1 heterocycles. The molecule has 1 aliphatic heterocycles. The van der Waals surface area contributed by atoms with E-state index < -0.39 is 16.8 Å². The number of hydrogen-bond acceptors (Lipinski definition) is 4. The lowest BCUT2D eigenvalue weighted by Crippen LogP contribution is -2.84. The van der Waals surface area contributed by atoms with Gasteiger partial charge in [-0.05, 0) is 50.3 Å². The van der Waals surface area contributed by atoms with E-state index >= 15 is 0 Å². The summed E-state index contributed by atoms with van der Waals surface area (Å²) in [4.78, 5) is 40.8. The van der Waals surface area contributed by atoms with Gasteiger partial charge in [-0.2, -0.15) is 0 Å². The van der Waals surface area contributed by atoms with Gasteiger partial charge in [0.2, 0.25) is 11.8 Å². The van der Waals surface area contributed by atoms with E-state index in [9.17, 15) is 14.4 Å². The van der Waals surface area contributed by atoms with Crippen LogP contribution in [-0.2, 0) is 25.2 Å². The van der Waals surface area contributed by atoms with Crippen LogP contribution >= 0.6 is 15.9 Å². The van der Waals surface area contributed by atoms with Crippen LogP contribution < -0.4 is 0 Å². The van der Waals surface area contributed by atoms with Gasteiger partial charge in [0.1, 0.15) is 6.61 Å². The van der Waals surface area contributed by atoms with Gasteiger partial charge in [0, 0.05) is 15.3 Å². The summed E-state index contributed by atoms with van der Waals surface area (Å²) >= 11 is 3.35. The highest BCUT2D eigenvalue weighted by molar-refractivity contribution is 9.10. The Morgan fingerprint density at radius 1 is 0.788 bits per heavy atom. The second-order valence-corrected chi connectivity index (χ2v) is 9.96. The van der Waals surface area contributed by atoms with Crippen molar-refractivity contribution < 1.29 is 19.1 Å². The first-order valence-electron chi connectivity index (χ1n) is 11.0. The molecule has 0 bridgehead atoms. The van der Waals surface area contributed by atoms with E-state index in [0.29, 0.717) is 10.0 Å². The van der Waals surface area contributed by atoms with Gasteiger partial charge in [0.15, 0.2) is 0 Å². The van der Waals surface area contributed by atoms with Crippen LogP contribution in [0.3, 0.4) is 0 Å². The molecule has 3 aromatic carbocycles. The molecule has 1 saturated carbocycles. The predicted molar refractivity (Wildman–Crippen MR) is 123 cm³/mol. The summed E-state index contributed by atoms with van der Waals surface area (Å²) in [7, 11) is 0. The number of halogens is 1. The average Bonchev–Trinajstić information content (AvgIpc) is 3.04. The normalized spacial score (nSPS) is 29.4. The second-order valence-electron chi connectivity index (χ2n) is 9.11. The fourth-order valence-electron chi connectivity index (χ4n) is 7.18. The maximum absolute atomic E-state index is 13.5. The van der Waals surface area contributed by atoms with E-state index in [0.717, 1.165) is 0 Å². The number of fused-ring (bicyclic) bond motifs is 3. The van der Waals surface area contributed by atoms with E-state index in [1.807, 2.05) is 30.3 Å². The number of hydrogen-bond donors (Lipinski definition) is 0. The number of carbonyl (C=O) groups excluding carboxylic acids is 3. The molecule has 6 heteroatoms. The lowest BCUT2D eigenvalue weighted by Gasteiger charge is -2.80. The minimum absolute atomic E-state index is 0.0308. The summed E-state index contributed by atoms with van der Waals surface area (Å²) in [5.41, 5.74) is 4.33. The highest BCUT2D eigenvalue weighted by Gasteiger charge is 2.91. The van der Waals surface area contributed by atoms with E-state index in [-0.39, 0.29) is 36.8 Å². The molecule has 2 fully saturated rings. The average molecular weight is 500 g/mol. The third-order valence-electron chi connectivity index (χ3n) is 8.15. The number of benzene rings is 3. The Balaban J connectivity index is 1.18. The van der Waals surface area contributed by atoms with Crippen molar-refractivity contribution in [2.24, 2.45) is 11.8 Å². The fourth-order valence-corrected chi connectivity index (χ4v) is 7.62. The number of ether oxygens (including phenoxy) is 1. The first kappa shape index (κ1) is 19.2. The van der Waals surface area contributed by atoms with Crippen molar-refractivity contribution in [3.8, 4) is 0 Å². The predicted octanol–water partition coefficient (Wildman–Crippen LogP) is 3.82. The molecule has 1 saturated heterocycles. The van der Waals surface area contributed by atoms with Gasteiger partial charge < -0.3 is 4.74 Å². The van der Waals surface area contributed by atoms with E-state index in [1.165, 1.54) is 27.2 Å². The van der Waals surface area contributed by atoms with Crippen molar-refractivity contribution in [2.75, 3.05) is 13.2 Å². The van der Waals surface area contributed by atoms with E-state index in [2.05, 4.69) is 40.2 Å². The molecular weight excluding hydrogens is 482 g/mol. The summed E-state index contributed by atoms with van der Waals surface area (Å²) in [6.07, 6.45) is 0. The molecule has 33 heavy (non-hydrogen) atoms. The molecule has 162 valence electrons. The van der Waals surface area contributed by atoms with Crippen molar-refractivity contribution >= 4 is 33.7 Å². The first-order chi connectivity index (χ1) is 16.1. The number of esters is 1. The van der Waals surface area contributed by atoms with Gasteiger partial charge in [-0.3, -0.25) is 14.5 Å². The highest BCUT2D eigenvalue weighted by Crippen LogP contribution is 2.86. The summed E-state index contributed by atoms with van der Waals surface area (Å²) < 4.78 is 6.04. The van der Waals surface area contributed by atoms with Crippen LogP contribution in [-0.4, -0.2) is 35.8 Å². The summed E-state index contributed by atoms with van der Waals surface area (Å²) in [6.45, 7) is 0.0384. The van der Waals surface area contributed by atoms with Crippen LogP contribution in [0, 0.1) is 11.8 Å². The summed E-state index contributed by atoms with van der Waals surface area (Å²) in [6, 6.07) is 23.4. The number of amides is 2. The van der Waals surface area contributed by atoms with Crippen molar-refractivity contribution in [2.45, 2.75) is 10.8 Å². The Bertz CT molecular complexity index is 1290. The zero-order valence-electron chi connectivity index (χ0n) is 17.5. The number of likely N-dealkylation sites (tertiary alicyclic amines) is 1. The molecule has 4 aliphatic rings. The number of rotatable bonds is 4. The Labute approximate surface area is 198 Å². The van der Waals surface area contributed by atoms with Crippen LogP contribution in [0.4, 0.5) is 0 Å². The minimum Gasteiger partial charge on any atom is -0.460 e. The maximum Gasteiger partial charge on any atom is 0.339 e. The largest absolute Gasteiger partial charge is 0.460 e. The molecule has 0 radical (unpaired) electrons. The topological polar surface area (TPSA) is 63.7 Å². The standard InChI is InChI=1S/C27H18BrNO4/c28-20-12-6-1-7-15(20)25(32)33-14-13-29-23(30)21-22(24(29)31)27-17-9-3-2-8-16(17)26(21,27)18-10-4-5-11-19(18)27/h1-12,21-22H,13-14H2/t21-,22-,26?,27?/m1/s1. The molecule has 0 N–H and O–H groups in total. The van der Waals surface area contributed by atoms with Gasteiger partial charge in [-0.1, -0.05) is 60.7 Å². The third-order valence-corrected chi connectivity index (χ3v) is 8.84. The highest BCUT2D eigenvalue weighted by atomic mass is 79.9. The Kier molecular flexibility index (Phi) is 3.62. The van der Waals surface area contributed by atoms with Crippen LogP contribution in [0.2, 0.25) is 0 Å². The smallest absolute Gasteiger partial charge is 0.339 e. The van der Waals surface area contributed by atoms with Gasteiger partial charge in [-0.15, -0.1) is 0 Å². The Hall–Kier alpha value is -3.25. The lowest BCUT2D eigenvalue weighted by molar-refractivity contribution is -0.150. The van der Waals surface area contributed by atoms with Crippen molar-refractivity contribution in [1.82, 2.24) is 4.90 Å². The molecule has 0 unspecified atom stereocenters. The van der Waals surface area contributed by atoms with Gasteiger partial charge in [-0.25, -0.2) is 4.79 Å². The number of imide groups is 1. The molecule has 5 nitrogen and oxygen atoms in total. The Morgan fingerprint density at radius 3 is 1.73 bits per heavy atom. The number of nitrogens with zero attached hydrogens (tertiary/aromatic N) is 1. The molecule has 3 aliphatic carbocycles. The van der Waals surface area contributed by atoms with Gasteiger partial charge >= 0.3 is 5.97 Å². The molecule has 2 amide bonds. The van der Waals surface area contributed by atoms with Crippen LogP contribution in [0.5, 0.6) is 0 Å². The van der Waals surface area contributed by atoms with Crippen molar-refractivity contribution in [3.05, 3.63) is 105 Å². The van der Waals surface area contributed by atoms with Gasteiger partial charge in [0.05, 0.1) is 23.9 Å². The van der Waals surface area contributed by atoms with Crippen LogP contribution in [0.1, 0.15) is 32.6 Å². The van der Waals surface area contributed by atoms with Crippen LogP contribution in [0.25, 0.3) is 0 Å². The molecule has 7 rings (SSSR count). The Morgan fingerprint density at radius 2 is 1.24 bits per heavy atom. The SMILES string of the molecule is O=C(OCCN1C(=O)[C@H]2[C@H](C1=O)C13c4ccccc4C21c1ccccc13)c1ccccc1Br. The monoisotopic (exact) mass is 499 g/mol. The quantitative estimate of drug-likeness (QED) is 0.404. The third kappa shape index (κ3) is 1.87. The molecule has 0 spiro atoms. The molecule has 0 aromatic heterocycles. The zero-order valence-corrected chi connectivity index (χ0v) is 19.0. The molecule has 2 atom stereocenters. The van der Waals surface area contributed by atoms with Gasteiger partial charge in [0.25, 0.3) is 0 Å². The summed E-state index contributed by atoms with van der Waals surface area (Å²) in [5, 5.41) is 0. The number of carbonyl (C=O) groups is 3. The van der Waals surface area contributed by atoms with Crippen molar-refractivity contribution in [3.63, 3.8) is 0 Å². The summed E-state index contributed by atoms with van der Waals surface area (Å²) in [5.74, 6) is -1.55. The maximum atomic E-state index is 13.5. The van der Waals surface area contributed by atoms with E-state index in [4.69, 9.17) is 4.74 Å². The minimum atomic E-state index is -0.485. The molecule has 3 aromatic rings. The fraction of sp³-hybridized carbons (Fsp3) is 0.222. The van der Waals surface area contributed by atoms with Crippen LogP contribution in [0.15, 0.2) is 77.3 Å². The zero-order chi connectivity index (χ0) is 22.5. The molecular formula is C27H18BrNO4. The van der Waals surface area contributed by atoms with Crippen molar-refractivity contribution in [1.29, 1.82) is 0 Å². The lowest BCUT2D eigenvalue weighted by atomic mass is 9.18.